The first-order valence-electron chi connectivity index (χ1n) is 8.31. The van der Waals surface area contributed by atoms with Gasteiger partial charge in [-0.15, -0.1) is 11.8 Å². The van der Waals surface area contributed by atoms with Crippen molar-refractivity contribution in [3.05, 3.63) is 54.2 Å². The van der Waals surface area contributed by atoms with Gasteiger partial charge in [-0.2, -0.15) is 0 Å². The Labute approximate surface area is 151 Å². The average Bonchev–Trinajstić information content (AvgIpc) is 2.63. The van der Waals surface area contributed by atoms with Gasteiger partial charge in [-0.05, 0) is 36.5 Å². The molecule has 1 aromatic heterocycles. The maximum absolute atomic E-state index is 12.4. The molecular formula is C19H22N2O3S. The standard InChI is InChI=1S/C19H22N2O3S/c1-24-18-8-7-13(11-20-18)19(14-9-15(22)10-14)21-17(23)12-25-16-5-3-2-4-6-16/h2-8,11,14-15,19,22H,9-10,12H2,1H3,(H,21,23). The van der Waals surface area contributed by atoms with E-state index in [9.17, 15) is 9.90 Å². The van der Waals surface area contributed by atoms with E-state index in [1.54, 1.807) is 19.4 Å². The smallest absolute Gasteiger partial charge is 0.230 e. The molecule has 1 aliphatic carbocycles. The Hall–Kier alpha value is -2.05. The van der Waals surface area contributed by atoms with E-state index in [4.69, 9.17) is 4.74 Å². The zero-order valence-electron chi connectivity index (χ0n) is 14.1. The number of benzene rings is 1. The van der Waals surface area contributed by atoms with Gasteiger partial charge in [0.2, 0.25) is 11.8 Å². The van der Waals surface area contributed by atoms with Crippen LogP contribution in [0.1, 0.15) is 24.4 Å². The molecule has 1 saturated carbocycles. The van der Waals surface area contributed by atoms with E-state index in [0.29, 0.717) is 24.5 Å². The SMILES string of the molecule is COc1ccc(C(NC(=O)CSc2ccccc2)C2CC(O)C2)cn1. The van der Waals surface area contributed by atoms with Crippen molar-refractivity contribution >= 4 is 17.7 Å². The zero-order valence-corrected chi connectivity index (χ0v) is 14.9. The van der Waals surface area contributed by atoms with Crippen molar-refractivity contribution in [1.82, 2.24) is 10.3 Å². The molecule has 1 aromatic carbocycles. The lowest BCUT2D eigenvalue weighted by molar-refractivity contribution is -0.120. The summed E-state index contributed by atoms with van der Waals surface area (Å²) in [5.41, 5.74) is 0.941. The summed E-state index contributed by atoms with van der Waals surface area (Å²) in [5.74, 6) is 1.12. The van der Waals surface area contributed by atoms with Gasteiger partial charge in [0.15, 0.2) is 0 Å². The van der Waals surface area contributed by atoms with Crippen LogP contribution in [0.4, 0.5) is 0 Å². The van der Waals surface area contributed by atoms with Crippen LogP contribution in [0, 0.1) is 5.92 Å². The minimum absolute atomic E-state index is 0.0175. The van der Waals surface area contributed by atoms with Gasteiger partial charge < -0.3 is 15.2 Å². The monoisotopic (exact) mass is 358 g/mol. The molecule has 132 valence electrons. The van der Waals surface area contributed by atoms with Crippen LogP contribution in [-0.2, 0) is 4.79 Å². The summed E-state index contributed by atoms with van der Waals surface area (Å²) in [6, 6.07) is 13.4. The number of methoxy groups -OCH3 is 1. The van der Waals surface area contributed by atoms with Gasteiger partial charge in [0.1, 0.15) is 0 Å². The van der Waals surface area contributed by atoms with Gasteiger partial charge in [0.05, 0.1) is 25.0 Å². The Morgan fingerprint density at radius 1 is 1.32 bits per heavy atom. The number of aliphatic hydroxyl groups is 1. The second-order valence-corrected chi connectivity index (χ2v) is 7.21. The number of carbonyl (C=O) groups excluding carboxylic acids is 1. The summed E-state index contributed by atoms with van der Waals surface area (Å²) in [6.45, 7) is 0. The molecule has 1 amide bonds. The first kappa shape index (κ1) is 17.8. The highest BCUT2D eigenvalue weighted by Gasteiger charge is 2.35. The number of hydrogen-bond donors (Lipinski definition) is 2. The van der Waals surface area contributed by atoms with Crippen LogP contribution in [0.5, 0.6) is 5.88 Å². The summed E-state index contributed by atoms with van der Waals surface area (Å²) in [6.07, 6.45) is 2.86. The molecule has 5 nitrogen and oxygen atoms in total. The van der Waals surface area contributed by atoms with E-state index < -0.39 is 0 Å². The number of ether oxygens (including phenoxy) is 1. The summed E-state index contributed by atoms with van der Waals surface area (Å²) in [4.78, 5) is 17.7. The molecule has 1 unspecified atom stereocenters. The maximum atomic E-state index is 12.4. The van der Waals surface area contributed by atoms with Crippen LogP contribution >= 0.6 is 11.8 Å². The van der Waals surface area contributed by atoms with Crippen molar-refractivity contribution < 1.29 is 14.6 Å². The van der Waals surface area contributed by atoms with Gasteiger partial charge in [-0.3, -0.25) is 4.79 Å². The molecule has 1 atom stereocenters. The molecule has 1 fully saturated rings. The minimum Gasteiger partial charge on any atom is -0.481 e. The van der Waals surface area contributed by atoms with E-state index in [1.165, 1.54) is 11.8 Å². The Kier molecular flexibility index (Phi) is 5.94. The summed E-state index contributed by atoms with van der Waals surface area (Å²) >= 11 is 1.51. The van der Waals surface area contributed by atoms with E-state index in [0.717, 1.165) is 10.5 Å². The number of thioether (sulfide) groups is 1. The van der Waals surface area contributed by atoms with Crippen LogP contribution in [0.3, 0.4) is 0 Å². The fourth-order valence-corrected chi connectivity index (χ4v) is 3.68. The number of amides is 1. The second kappa shape index (κ2) is 8.36. The van der Waals surface area contributed by atoms with E-state index in [2.05, 4.69) is 10.3 Å². The lowest BCUT2D eigenvalue weighted by atomic mass is 9.75. The summed E-state index contributed by atoms with van der Waals surface area (Å²) in [5, 5.41) is 12.7. The third kappa shape index (κ3) is 4.74. The second-order valence-electron chi connectivity index (χ2n) is 6.17. The van der Waals surface area contributed by atoms with Gasteiger partial charge in [0, 0.05) is 17.2 Å². The van der Waals surface area contributed by atoms with Crippen molar-refractivity contribution in [3.8, 4) is 5.88 Å². The average molecular weight is 358 g/mol. The number of rotatable bonds is 7. The van der Waals surface area contributed by atoms with Gasteiger partial charge >= 0.3 is 0 Å². The first-order chi connectivity index (χ1) is 12.2. The molecule has 0 saturated heterocycles. The highest BCUT2D eigenvalue weighted by atomic mass is 32.2. The normalized spacial score (nSPS) is 20.4. The Balaban J connectivity index is 1.63. The van der Waals surface area contributed by atoms with Crippen LogP contribution in [0.2, 0.25) is 0 Å². The number of aliphatic hydroxyl groups excluding tert-OH is 1. The van der Waals surface area contributed by atoms with Crippen molar-refractivity contribution in [2.75, 3.05) is 12.9 Å². The summed E-state index contributed by atoms with van der Waals surface area (Å²) in [7, 11) is 1.57. The minimum atomic E-state index is -0.269. The number of nitrogens with zero attached hydrogens (tertiary/aromatic N) is 1. The lowest BCUT2D eigenvalue weighted by Gasteiger charge is -2.38. The van der Waals surface area contributed by atoms with Crippen LogP contribution in [0.25, 0.3) is 0 Å². The molecular weight excluding hydrogens is 336 g/mol. The highest BCUT2D eigenvalue weighted by molar-refractivity contribution is 8.00. The highest BCUT2D eigenvalue weighted by Crippen LogP contribution is 2.38. The quantitative estimate of drug-likeness (QED) is 0.745. The van der Waals surface area contributed by atoms with Crippen molar-refractivity contribution in [1.29, 1.82) is 0 Å². The third-order valence-electron chi connectivity index (χ3n) is 4.38. The molecule has 0 bridgehead atoms. The first-order valence-corrected chi connectivity index (χ1v) is 9.29. The fourth-order valence-electron chi connectivity index (χ4n) is 2.95. The van der Waals surface area contributed by atoms with Crippen molar-refractivity contribution in [3.63, 3.8) is 0 Å². The molecule has 25 heavy (non-hydrogen) atoms. The molecule has 2 N–H and O–H groups in total. The van der Waals surface area contributed by atoms with Crippen LogP contribution in [0.15, 0.2) is 53.6 Å². The molecule has 0 spiro atoms. The molecule has 3 rings (SSSR count). The Morgan fingerprint density at radius 3 is 2.68 bits per heavy atom. The van der Waals surface area contributed by atoms with Gasteiger partial charge in [-0.25, -0.2) is 4.98 Å². The molecule has 1 heterocycles. The predicted molar refractivity (Wildman–Crippen MR) is 97.6 cm³/mol. The largest absolute Gasteiger partial charge is 0.481 e. The number of nitrogens with one attached hydrogen (secondary N) is 1. The molecule has 1 aliphatic rings. The van der Waals surface area contributed by atoms with Crippen molar-refractivity contribution in [2.24, 2.45) is 5.92 Å². The maximum Gasteiger partial charge on any atom is 0.230 e. The lowest BCUT2D eigenvalue weighted by Crippen LogP contribution is -2.42. The number of hydrogen-bond acceptors (Lipinski definition) is 5. The van der Waals surface area contributed by atoms with E-state index >= 15 is 0 Å². The Bertz CT molecular complexity index is 688. The zero-order chi connectivity index (χ0) is 17.6. The van der Waals surface area contributed by atoms with Crippen LogP contribution in [-0.4, -0.2) is 35.0 Å². The molecule has 0 aliphatic heterocycles. The van der Waals surface area contributed by atoms with Gasteiger partial charge in [-0.1, -0.05) is 24.3 Å². The molecule has 2 aromatic rings. The molecule has 6 heteroatoms. The van der Waals surface area contributed by atoms with E-state index in [-0.39, 0.29) is 24.0 Å². The Morgan fingerprint density at radius 2 is 2.08 bits per heavy atom. The number of pyridine rings is 1. The molecule has 0 radical (unpaired) electrons. The number of aromatic nitrogens is 1. The van der Waals surface area contributed by atoms with Gasteiger partial charge in [0.25, 0.3) is 0 Å². The third-order valence-corrected chi connectivity index (χ3v) is 5.39. The van der Waals surface area contributed by atoms with E-state index in [1.807, 2.05) is 36.4 Å². The van der Waals surface area contributed by atoms with Crippen molar-refractivity contribution in [2.45, 2.75) is 29.9 Å². The fraction of sp³-hybridized carbons (Fsp3) is 0.368. The predicted octanol–water partition coefficient (Wildman–Crippen LogP) is 2.81. The van der Waals surface area contributed by atoms with Crippen LogP contribution < -0.4 is 10.1 Å². The topological polar surface area (TPSA) is 71.5 Å². The summed E-state index contributed by atoms with van der Waals surface area (Å²) < 4.78 is 5.09. The number of carbonyl (C=O) groups is 1.